The van der Waals surface area contributed by atoms with Gasteiger partial charge in [-0.3, -0.25) is 9.59 Å². The molecule has 0 heterocycles. The van der Waals surface area contributed by atoms with Crippen LogP contribution in [-0.4, -0.2) is 18.4 Å². The van der Waals surface area contributed by atoms with Crippen LogP contribution >= 0.6 is 0 Å². The number of rotatable bonds is 2. The average Bonchev–Trinajstić information content (AvgIpc) is 1.61. The summed E-state index contributed by atoms with van der Waals surface area (Å²) in [6, 6.07) is 0. The molecule has 9 heavy (non-hydrogen) atoms. The molecule has 4 heteroatoms. The number of esters is 1. The SMILES string of the molecule is CC(=O)COC(C)=O.[Zr]. The van der Waals surface area contributed by atoms with E-state index < -0.39 is 5.97 Å². The van der Waals surface area contributed by atoms with Gasteiger partial charge >= 0.3 is 5.97 Å². The number of ether oxygens (including phenoxy) is 1. The van der Waals surface area contributed by atoms with Crippen LogP contribution in [0.1, 0.15) is 13.8 Å². The standard InChI is InChI=1S/C5H8O3.Zr/c1-4(6)3-8-5(2)7;/h3H2,1-2H3;. The molecule has 0 amide bonds. The van der Waals surface area contributed by atoms with Gasteiger partial charge in [0.25, 0.3) is 0 Å². The van der Waals surface area contributed by atoms with Crippen molar-refractivity contribution < 1.29 is 40.5 Å². The van der Waals surface area contributed by atoms with E-state index in [4.69, 9.17) is 0 Å². The van der Waals surface area contributed by atoms with Crippen LogP contribution in [0.2, 0.25) is 0 Å². The molecule has 0 fully saturated rings. The number of carbonyl (C=O) groups excluding carboxylic acids is 2. The van der Waals surface area contributed by atoms with E-state index in [1.54, 1.807) is 0 Å². The van der Waals surface area contributed by atoms with E-state index in [-0.39, 0.29) is 38.6 Å². The van der Waals surface area contributed by atoms with Crippen molar-refractivity contribution in [2.75, 3.05) is 6.61 Å². The van der Waals surface area contributed by atoms with E-state index in [9.17, 15) is 9.59 Å². The van der Waals surface area contributed by atoms with Crippen molar-refractivity contribution >= 4 is 11.8 Å². The predicted molar refractivity (Wildman–Crippen MR) is 27.3 cm³/mol. The zero-order valence-electron chi connectivity index (χ0n) is 5.43. The topological polar surface area (TPSA) is 43.4 Å². The van der Waals surface area contributed by atoms with Gasteiger partial charge in [0.15, 0.2) is 5.78 Å². The first-order valence-electron chi connectivity index (χ1n) is 2.25. The molecule has 3 nitrogen and oxygen atoms in total. The molecule has 0 radical (unpaired) electrons. The maximum absolute atomic E-state index is 10.1. The molecule has 0 bridgehead atoms. The predicted octanol–water partition coefficient (Wildman–Crippen LogP) is 0.136. The number of carbonyl (C=O) groups is 2. The van der Waals surface area contributed by atoms with Crippen molar-refractivity contribution in [3.05, 3.63) is 0 Å². The molecular weight excluding hydrogens is 199 g/mol. The Hall–Kier alpha value is 0.0231. The van der Waals surface area contributed by atoms with Gasteiger partial charge in [0.1, 0.15) is 6.61 Å². The Labute approximate surface area is 72.9 Å². The summed E-state index contributed by atoms with van der Waals surface area (Å²) in [4.78, 5) is 20.0. The first-order valence-corrected chi connectivity index (χ1v) is 2.25. The van der Waals surface area contributed by atoms with Crippen molar-refractivity contribution in [1.82, 2.24) is 0 Å². The molecule has 0 aliphatic rings. The van der Waals surface area contributed by atoms with E-state index in [2.05, 4.69) is 4.74 Å². The number of Topliss-reactive ketones (excluding diaryl/α,β-unsaturated/α-hetero) is 1. The quantitative estimate of drug-likeness (QED) is 0.605. The molecule has 0 spiro atoms. The first-order chi connectivity index (χ1) is 3.63. The van der Waals surface area contributed by atoms with E-state index in [0.29, 0.717) is 0 Å². The summed E-state index contributed by atoms with van der Waals surface area (Å²) in [5.41, 5.74) is 0. The molecule has 0 atom stereocenters. The third kappa shape index (κ3) is 11.5. The van der Waals surface area contributed by atoms with Crippen molar-refractivity contribution in [1.29, 1.82) is 0 Å². The molecule has 0 N–H and O–H groups in total. The van der Waals surface area contributed by atoms with Crippen molar-refractivity contribution in [2.24, 2.45) is 0 Å². The molecule has 0 aliphatic heterocycles. The fraction of sp³-hybridized carbons (Fsp3) is 0.600. The van der Waals surface area contributed by atoms with Gasteiger partial charge < -0.3 is 4.74 Å². The second-order valence-corrected chi connectivity index (χ2v) is 1.48. The summed E-state index contributed by atoms with van der Waals surface area (Å²) in [7, 11) is 0. The molecular formula is C5H8O3Zr. The smallest absolute Gasteiger partial charge is 0.303 e. The summed E-state index contributed by atoms with van der Waals surface area (Å²) >= 11 is 0. The minimum Gasteiger partial charge on any atom is -0.458 e. The Bertz CT molecular complexity index is 96.8. The van der Waals surface area contributed by atoms with Gasteiger partial charge in [-0.25, -0.2) is 0 Å². The normalized spacial score (nSPS) is 7.33. The molecule has 0 saturated carbocycles. The van der Waals surface area contributed by atoms with Crippen LogP contribution in [0.3, 0.4) is 0 Å². The number of hydrogen-bond acceptors (Lipinski definition) is 3. The third-order valence-electron chi connectivity index (χ3n) is 0.479. The van der Waals surface area contributed by atoms with E-state index in [0.717, 1.165) is 0 Å². The molecule has 0 rings (SSSR count). The maximum atomic E-state index is 10.1. The zero-order chi connectivity index (χ0) is 6.57. The monoisotopic (exact) mass is 206 g/mol. The van der Waals surface area contributed by atoms with Gasteiger partial charge in [0.05, 0.1) is 0 Å². The summed E-state index contributed by atoms with van der Waals surface area (Å²) in [6.07, 6.45) is 0. The molecule has 0 aromatic carbocycles. The van der Waals surface area contributed by atoms with Crippen LogP contribution in [0.15, 0.2) is 0 Å². The van der Waals surface area contributed by atoms with Crippen molar-refractivity contribution in [3.8, 4) is 0 Å². The zero-order valence-corrected chi connectivity index (χ0v) is 7.89. The number of hydrogen-bond donors (Lipinski definition) is 0. The van der Waals surface area contributed by atoms with Gasteiger partial charge in [-0.2, -0.15) is 0 Å². The van der Waals surface area contributed by atoms with Crippen LogP contribution in [-0.2, 0) is 40.5 Å². The first kappa shape index (κ1) is 11.8. The van der Waals surface area contributed by atoms with Gasteiger partial charge in [0.2, 0.25) is 0 Å². The molecule has 0 aromatic rings. The largest absolute Gasteiger partial charge is 0.458 e. The van der Waals surface area contributed by atoms with Gasteiger partial charge in [-0.1, -0.05) is 0 Å². The molecule has 0 unspecified atom stereocenters. The summed E-state index contributed by atoms with van der Waals surface area (Å²) in [5.74, 6) is -0.555. The fourth-order valence-electron chi connectivity index (χ4n) is 0.203. The Balaban J connectivity index is 0. The van der Waals surface area contributed by atoms with Gasteiger partial charge in [-0.15, -0.1) is 0 Å². The van der Waals surface area contributed by atoms with Crippen LogP contribution in [0.25, 0.3) is 0 Å². The second-order valence-electron chi connectivity index (χ2n) is 1.48. The molecule has 0 saturated heterocycles. The van der Waals surface area contributed by atoms with E-state index >= 15 is 0 Å². The molecule has 0 aromatic heterocycles. The summed E-state index contributed by atoms with van der Waals surface area (Å²) in [6.45, 7) is 2.53. The molecule has 0 aliphatic carbocycles. The van der Waals surface area contributed by atoms with E-state index in [1.807, 2.05) is 0 Å². The second kappa shape index (κ2) is 6.15. The summed E-state index contributed by atoms with van der Waals surface area (Å²) in [5, 5.41) is 0. The maximum Gasteiger partial charge on any atom is 0.303 e. The minimum absolute atomic E-state index is 0. The summed E-state index contributed by atoms with van der Waals surface area (Å²) < 4.78 is 4.31. The van der Waals surface area contributed by atoms with E-state index in [1.165, 1.54) is 13.8 Å². The molecule has 50 valence electrons. The van der Waals surface area contributed by atoms with Gasteiger partial charge in [-0.05, 0) is 6.92 Å². The Kier molecular flexibility index (Phi) is 8.04. The Morgan fingerprint density at radius 1 is 1.33 bits per heavy atom. The van der Waals surface area contributed by atoms with Crippen molar-refractivity contribution in [2.45, 2.75) is 13.8 Å². The van der Waals surface area contributed by atoms with Crippen LogP contribution in [0, 0.1) is 0 Å². The van der Waals surface area contributed by atoms with Crippen LogP contribution in [0.4, 0.5) is 0 Å². The van der Waals surface area contributed by atoms with Gasteiger partial charge in [0, 0.05) is 33.1 Å². The Morgan fingerprint density at radius 3 is 1.89 bits per heavy atom. The van der Waals surface area contributed by atoms with Crippen LogP contribution < -0.4 is 0 Å². The van der Waals surface area contributed by atoms with Crippen molar-refractivity contribution in [3.63, 3.8) is 0 Å². The number of ketones is 1. The third-order valence-corrected chi connectivity index (χ3v) is 0.479. The van der Waals surface area contributed by atoms with Crippen LogP contribution in [0.5, 0.6) is 0 Å². The minimum atomic E-state index is -0.416. The Morgan fingerprint density at radius 2 is 1.78 bits per heavy atom. The fourth-order valence-corrected chi connectivity index (χ4v) is 0.203. The average molecular weight is 207 g/mol.